The molecule has 0 aliphatic carbocycles. The highest BCUT2D eigenvalue weighted by Gasteiger charge is 2.22. The van der Waals surface area contributed by atoms with Crippen molar-refractivity contribution in [3.8, 4) is 5.75 Å². The summed E-state index contributed by atoms with van der Waals surface area (Å²) in [5.41, 5.74) is 1.64. The largest absolute Gasteiger partial charge is 0.494 e. The molecular weight excluding hydrogens is 425 g/mol. The molecule has 5 nitrogen and oxygen atoms in total. The van der Waals surface area contributed by atoms with Crippen LogP contribution in [0.3, 0.4) is 0 Å². The quantitative estimate of drug-likeness (QED) is 0.284. The number of amides is 1. The SMILES string of the molecule is CCCCCOc1ccc(C(=O)N(Cc2cccnc2)c2nc3c(F)cccc3s2)cc1. The summed E-state index contributed by atoms with van der Waals surface area (Å²) in [4.78, 5) is 23.6. The summed E-state index contributed by atoms with van der Waals surface area (Å²) in [5.74, 6) is 0.118. The minimum absolute atomic E-state index is 0.217. The Bertz CT molecular complexity index is 1180. The van der Waals surface area contributed by atoms with E-state index in [-0.39, 0.29) is 18.0 Å². The van der Waals surface area contributed by atoms with Gasteiger partial charge in [-0.3, -0.25) is 14.7 Å². The van der Waals surface area contributed by atoms with E-state index in [2.05, 4.69) is 16.9 Å². The second-order valence-electron chi connectivity index (χ2n) is 7.42. The number of thiazole rings is 1. The van der Waals surface area contributed by atoms with Crippen molar-refractivity contribution in [3.05, 3.63) is 83.9 Å². The van der Waals surface area contributed by atoms with Crippen molar-refractivity contribution in [2.45, 2.75) is 32.7 Å². The Balaban J connectivity index is 1.60. The zero-order chi connectivity index (χ0) is 22.3. The van der Waals surface area contributed by atoms with Gasteiger partial charge in [0.05, 0.1) is 17.9 Å². The fraction of sp³-hybridized carbons (Fsp3) is 0.240. The van der Waals surface area contributed by atoms with Crippen LogP contribution in [0.25, 0.3) is 10.2 Å². The summed E-state index contributed by atoms with van der Waals surface area (Å²) in [6.07, 6.45) is 6.66. The molecule has 0 atom stereocenters. The van der Waals surface area contributed by atoms with Gasteiger partial charge >= 0.3 is 0 Å². The Hall–Kier alpha value is -3.32. The number of hydrogen-bond donors (Lipinski definition) is 0. The van der Waals surface area contributed by atoms with Crippen LogP contribution in [0, 0.1) is 5.82 Å². The van der Waals surface area contributed by atoms with Crippen LogP contribution in [0.15, 0.2) is 67.0 Å². The molecule has 7 heteroatoms. The Morgan fingerprint density at radius 2 is 1.94 bits per heavy atom. The van der Waals surface area contributed by atoms with E-state index in [1.54, 1.807) is 53.7 Å². The van der Waals surface area contributed by atoms with E-state index in [9.17, 15) is 9.18 Å². The molecule has 0 aliphatic heterocycles. The number of halogens is 1. The van der Waals surface area contributed by atoms with E-state index >= 15 is 0 Å². The molecule has 0 spiro atoms. The first kappa shape index (κ1) is 21.9. The molecule has 0 saturated carbocycles. The standard InChI is InChI=1S/C25H24FN3O2S/c1-2-3-4-15-31-20-12-10-19(11-13-20)24(30)29(17-18-7-6-14-27-16-18)25-28-23-21(26)8-5-9-22(23)32-25/h5-14,16H,2-4,15,17H2,1H3. The van der Waals surface area contributed by atoms with E-state index in [1.807, 2.05) is 12.1 Å². The minimum atomic E-state index is -0.400. The maximum absolute atomic E-state index is 14.2. The predicted octanol–water partition coefficient (Wildman–Crippen LogP) is 6.25. The fourth-order valence-electron chi connectivity index (χ4n) is 3.31. The maximum atomic E-state index is 14.2. The van der Waals surface area contributed by atoms with Crippen LogP contribution >= 0.6 is 11.3 Å². The molecular formula is C25H24FN3O2S. The average Bonchev–Trinajstić information content (AvgIpc) is 3.26. The summed E-state index contributed by atoms with van der Waals surface area (Å²) in [6, 6.07) is 15.7. The lowest BCUT2D eigenvalue weighted by atomic mass is 10.1. The van der Waals surface area contributed by atoms with Crippen molar-refractivity contribution in [3.63, 3.8) is 0 Å². The van der Waals surface area contributed by atoms with Gasteiger partial charge in [-0.1, -0.05) is 43.2 Å². The number of fused-ring (bicyclic) bond motifs is 1. The molecule has 0 aliphatic rings. The number of pyridine rings is 1. The molecule has 32 heavy (non-hydrogen) atoms. The molecule has 2 aromatic heterocycles. The number of anilines is 1. The van der Waals surface area contributed by atoms with E-state index in [1.165, 1.54) is 17.4 Å². The van der Waals surface area contributed by atoms with Crippen LogP contribution in [0.1, 0.15) is 42.1 Å². The van der Waals surface area contributed by atoms with Crippen LogP contribution in [0.2, 0.25) is 0 Å². The lowest BCUT2D eigenvalue weighted by Gasteiger charge is -2.20. The smallest absolute Gasteiger partial charge is 0.260 e. The predicted molar refractivity (Wildman–Crippen MR) is 126 cm³/mol. The molecule has 0 unspecified atom stereocenters. The molecule has 0 bridgehead atoms. The Morgan fingerprint density at radius 1 is 1.09 bits per heavy atom. The van der Waals surface area contributed by atoms with Gasteiger partial charge in [0.25, 0.3) is 5.91 Å². The molecule has 0 saturated heterocycles. The number of ether oxygens (including phenoxy) is 1. The Kier molecular flexibility index (Phi) is 7.07. The normalized spacial score (nSPS) is 10.9. The minimum Gasteiger partial charge on any atom is -0.494 e. The van der Waals surface area contributed by atoms with E-state index in [0.717, 1.165) is 30.6 Å². The van der Waals surface area contributed by atoms with E-state index < -0.39 is 5.82 Å². The van der Waals surface area contributed by atoms with Crippen molar-refractivity contribution in [1.29, 1.82) is 0 Å². The molecule has 2 aromatic carbocycles. The first-order valence-corrected chi connectivity index (χ1v) is 11.5. The highest BCUT2D eigenvalue weighted by molar-refractivity contribution is 7.22. The molecule has 2 heterocycles. The zero-order valence-electron chi connectivity index (χ0n) is 17.8. The molecule has 0 fully saturated rings. The van der Waals surface area contributed by atoms with Gasteiger partial charge in [-0.25, -0.2) is 9.37 Å². The molecule has 4 rings (SSSR count). The summed E-state index contributed by atoms with van der Waals surface area (Å²) >= 11 is 1.29. The molecule has 0 radical (unpaired) electrons. The first-order valence-electron chi connectivity index (χ1n) is 10.6. The number of unbranched alkanes of at least 4 members (excludes halogenated alkanes) is 2. The van der Waals surface area contributed by atoms with Gasteiger partial charge in [-0.05, 0) is 54.4 Å². The Labute approximate surface area is 190 Å². The van der Waals surface area contributed by atoms with Gasteiger partial charge in [-0.15, -0.1) is 0 Å². The van der Waals surface area contributed by atoms with E-state index in [4.69, 9.17) is 4.74 Å². The number of carbonyl (C=O) groups excluding carboxylic acids is 1. The molecule has 4 aromatic rings. The zero-order valence-corrected chi connectivity index (χ0v) is 18.6. The highest BCUT2D eigenvalue weighted by atomic mass is 32.1. The van der Waals surface area contributed by atoms with Crippen LogP contribution < -0.4 is 9.64 Å². The van der Waals surface area contributed by atoms with Crippen molar-refractivity contribution in [2.75, 3.05) is 11.5 Å². The van der Waals surface area contributed by atoms with Crippen molar-refractivity contribution >= 4 is 32.6 Å². The first-order chi connectivity index (χ1) is 15.7. The van der Waals surface area contributed by atoms with Gasteiger partial charge in [0, 0.05) is 18.0 Å². The highest BCUT2D eigenvalue weighted by Crippen LogP contribution is 2.32. The van der Waals surface area contributed by atoms with Gasteiger partial charge in [-0.2, -0.15) is 0 Å². The van der Waals surface area contributed by atoms with Crippen LogP contribution in [0.5, 0.6) is 5.75 Å². The summed E-state index contributed by atoms with van der Waals surface area (Å²) in [7, 11) is 0. The number of rotatable bonds is 9. The van der Waals surface area contributed by atoms with Gasteiger partial charge in [0.2, 0.25) is 0 Å². The number of hydrogen-bond acceptors (Lipinski definition) is 5. The fourth-order valence-corrected chi connectivity index (χ4v) is 4.29. The van der Waals surface area contributed by atoms with Crippen LogP contribution in [0.4, 0.5) is 9.52 Å². The third-order valence-corrected chi connectivity index (χ3v) is 6.06. The number of para-hydroxylation sites is 1. The lowest BCUT2D eigenvalue weighted by Crippen LogP contribution is -2.30. The van der Waals surface area contributed by atoms with E-state index in [0.29, 0.717) is 22.0 Å². The molecule has 1 amide bonds. The number of benzene rings is 2. The second-order valence-corrected chi connectivity index (χ2v) is 8.42. The topological polar surface area (TPSA) is 55.3 Å². The van der Waals surface area contributed by atoms with Gasteiger partial charge in [0.15, 0.2) is 5.13 Å². The second kappa shape index (κ2) is 10.3. The summed E-state index contributed by atoms with van der Waals surface area (Å²) in [5, 5.41) is 0.443. The van der Waals surface area contributed by atoms with Crippen molar-refractivity contribution in [1.82, 2.24) is 9.97 Å². The van der Waals surface area contributed by atoms with Crippen LogP contribution in [-0.4, -0.2) is 22.5 Å². The lowest BCUT2D eigenvalue weighted by molar-refractivity contribution is 0.0985. The third-order valence-electron chi connectivity index (χ3n) is 5.02. The van der Waals surface area contributed by atoms with Crippen molar-refractivity contribution < 1.29 is 13.9 Å². The number of aromatic nitrogens is 2. The van der Waals surface area contributed by atoms with Crippen LogP contribution in [-0.2, 0) is 6.54 Å². The maximum Gasteiger partial charge on any atom is 0.260 e. The number of nitrogens with zero attached hydrogens (tertiary/aromatic N) is 3. The third kappa shape index (κ3) is 5.11. The van der Waals surface area contributed by atoms with Gasteiger partial charge < -0.3 is 4.74 Å². The molecule has 0 N–H and O–H groups in total. The monoisotopic (exact) mass is 449 g/mol. The summed E-state index contributed by atoms with van der Waals surface area (Å²) in [6.45, 7) is 3.09. The van der Waals surface area contributed by atoms with Crippen molar-refractivity contribution in [2.24, 2.45) is 0 Å². The number of carbonyl (C=O) groups is 1. The average molecular weight is 450 g/mol. The van der Waals surface area contributed by atoms with Gasteiger partial charge in [0.1, 0.15) is 17.1 Å². The summed E-state index contributed by atoms with van der Waals surface area (Å²) < 4.78 is 20.7. The Morgan fingerprint density at radius 3 is 2.66 bits per heavy atom. The molecule has 164 valence electrons.